The molecule has 1 heterocycles. The van der Waals surface area contributed by atoms with Crippen LogP contribution in [-0.4, -0.2) is 12.6 Å². The minimum Gasteiger partial charge on any atom is -0.194 e. The van der Waals surface area contributed by atoms with Crippen molar-refractivity contribution in [3.05, 3.63) is 11.6 Å². The molecule has 2 nitrogen and oxygen atoms in total. The summed E-state index contributed by atoms with van der Waals surface area (Å²) >= 11 is 0. The minimum atomic E-state index is 0.418. The fraction of sp³-hybridized carbons (Fsp3) is 0.875. The van der Waals surface area contributed by atoms with Crippen molar-refractivity contribution in [2.24, 2.45) is 10.2 Å². The molecule has 0 aromatic carbocycles. The predicted molar refractivity (Wildman–Crippen MR) is 77.0 cm³/mol. The topological polar surface area (TPSA) is 24.7 Å². The van der Waals surface area contributed by atoms with Crippen molar-refractivity contribution in [1.29, 1.82) is 0 Å². The monoisotopic (exact) mass is 248 g/mol. The molecule has 2 heteroatoms. The molecular weight excluding hydrogens is 220 g/mol. The van der Waals surface area contributed by atoms with E-state index in [9.17, 15) is 0 Å². The largest absolute Gasteiger partial charge is 0.194 e. The van der Waals surface area contributed by atoms with Crippen LogP contribution in [0.25, 0.3) is 0 Å². The molecule has 1 unspecified atom stereocenters. The lowest BCUT2D eigenvalue weighted by molar-refractivity contribution is 0.570. The second-order valence-electron chi connectivity index (χ2n) is 5.78. The molecule has 0 bridgehead atoms. The van der Waals surface area contributed by atoms with E-state index in [-0.39, 0.29) is 0 Å². The molecule has 0 aromatic rings. The zero-order chi connectivity index (χ0) is 12.5. The van der Waals surface area contributed by atoms with E-state index in [0.717, 1.165) is 6.54 Å². The zero-order valence-corrected chi connectivity index (χ0v) is 11.7. The Morgan fingerprint density at radius 3 is 2.61 bits per heavy atom. The van der Waals surface area contributed by atoms with Crippen LogP contribution in [-0.2, 0) is 0 Å². The lowest BCUT2D eigenvalue weighted by atomic mass is 9.96. The molecule has 0 saturated heterocycles. The summed E-state index contributed by atoms with van der Waals surface area (Å²) in [6, 6.07) is 0.418. The molecule has 0 amide bonds. The number of hydrogen-bond donors (Lipinski definition) is 0. The van der Waals surface area contributed by atoms with Crippen molar-refractivity contribution in [2.75, 3.05) is 6.54 Å². The lowest BCUT2D eigenvalue weighted by Gasteiger charge is -2.15. The van der Waals surface area contributed by atoms with Gasteiger partial charge in [-0.3, -0.25) is 0 Å². The molecule has 1 aliphatic carbocycles. The molecule has 1 aliphatic heterocycles. The summed E-state index contributed by atoms with van der Waals surface area (Å²) in [4.78, 5) is 0. The molecule has 0 aromatic heterocycles. The van der Waals surface area contributed by atoms with Gasteiger partial charge in [0.15, 0.2) is 0 Å². The zero-order valence-electron chi connectivity index (χ0n) is 11.7. The Labute approximate surface area is 112 Å². The van der Waals surface area contributed by atoms with E-state index in [2.05, 4.69) is 16.3 Å². The number of hydrogen-bond acceptors (Lipinski definition) is 2. The molecule has 2 aliphatic rings. The Hall–Kier alpha value is -0.660. The second-order valence-corrected chi connectivity index (χ2v) is 5.78. The highest BCUT2D eigenvalue weighted by Gasteiger charge is 2.14. The van der Waals surface area contributed by atoms with Crippen molar-refractivity contribution in [2.45, 2.75) is 83.1 Å². The van der Waals surface area contributed by atoms with Crippen LogP contribution in [0.1, 0.15) is 77.0 Å². The Kier molecular flexibility index (Phi) is 6.46. The van der Waals surface area contributed by atoms with Crippen molar-refractivity contribution in [3.8, 4) is 0 Å². The van der Waals surface area contributed by atoms with Crippen LogP contribution in [0.4, 0.5) is 0 Å². The quantitative estimate of drug-likeness (QED) is 0.552. The summed E-state index contributed by atoms with van der Waals surface area (Å²) in [7, 11) is 0. The predicted octanol–water partition coefficient (Wildman–Crippen LogP) is 5.44. The van der Waals surface area contributed by atoms with Gasteiger partial charge in [0, 0.05) is 0 Å². The molecule has 102 valence electrons. The third kappa shape index (κ3) is 4.91. The molecular formula is C16H28N2. The van der Waals surface area contributed by atoms with Gasteiger partial charge in [-0.2, -0.15) is 10.2 Å². The standard InChI is InChI=1S/C16H28N2/c1-2-4-8-12-15(11-7-3-1)16-13-9-5-6-10-14-17-18-16/h11,16H,1-10,12-14H2/b15-11+,18-17+. The number of rotatable bonds is 1. The van der Waals surface area contributed by atoms with E-state index in [1.807, 2.05) is 0 Å². The highest BCUT2D eigenvalue weighted by Crippen LogP contribution is 2.25. The van der Waals surface area contributed by atoms with E-state index >= 15 is 0 Å². The Morgan fingerprint density at radius 2 is 1.61 bits per heavy atom. The number of allylic oxidation sites excluding steroid dienone is 1. The maximum absolute atomic E-state index is 4.63. The van der Waals surface area contributed by atoms with Gasteiger partial charge >= 0.3 is 0 Å². The van der Waals surface area contributed by atoms with Gasteiger partial charge in [0.1, 0.15) is 0 Å². The van der Waals surface area contributed by atoms with Crippen molar-refractivity contribution >= 4 is 0 Å². The highest BCUT2D eigenvalue weighted by atomic mass is 15.1. The van der Waals surface area contributed by atoms with Crippen molar-refractivity contribution in [3.63, 3.8) is 0 Å². The number of nitrogens with zero attached hydrogens (tertiary/aromatic N) is 2. The van der Waals surface area contributed by atoms with E-state index in [0.29, 0.717) is 6.04 Å². The van der Waals surface area contributed by atoms with Crippen LogP contribution in [0, 0.1) is 0 Å². The third-order valence-electron chi connectivity index (χ3n) is 4.21. The van der Waals surface area contributed by atoms with Gasteiger partial charge in [-0.1, -0.05) is 44.6 Å². The summed E-state index contributed by atoms with van der Waals surface area (Å²) in [5.41, 5.74) is 1.60. The normalized spacial score (nSPS) is 32.7. The minimum absolute atomic E-state index is 0.418. The first-order valence-corrected chi connectivity index (χ1v) is 8.02. The van der Waals surface area contributed by atoms with Gasteiger partial charge in [-0.25, -0.2) is 0 Å². The first-order valence-electron chi connectivity index (χ1n) is 8.02. The Balaban J connectivity index is 1.97. The van der Waals surface area contributed by atoms with Crippen LogP contribution in [0.15, 0.2) is 21.9 Å². The highest BCUT2D eigenvalue weighted by molar-refractivity contribution is 5.11. The maximum Gasteiger partial charge on any atom is 0.0917 e. The summed E-state index contributed by atoms with van der Waals surface area (Å²) in [6.07, 6.45) is 18.5. The molecule has 0 saturated carbocycles. The van der Waals surface area contributed by atoms with Crippen LogP contribution in [0.2, 0.25) is 0 Å². The van der Waals surface area contributed by atoms with Gasteiger partial charge in [0.25, 0.3) is 0 Å². The lowest BCUT2D eigenvalue weighted by Crippen LogP contribution is -2.08. The van der Waals surface area contributed by atoms with Crippen molar-refractivity contribution < 1.29 is 0 Å². The first-order chi connectivity index (χ1) is 8.97. The second kappa shape index (κ2) is 8.44. The van der Waals surface area contributed by atoms with Crippen molar-refractivity contribution in [1.82, 2.24) is 0 Å². The van der Waals surface area contributed by atoms with Gasteiger partial charge in [-0.15, -0.1) is 0 Å². The molecule has 0 radical (unpaired) electrons. The fourth-order valence-corrected chi connectivity index (χ4v) is 3.04. The van der Waals surface area contributed by atoms with Crippen LogP contribution >= 0.6 is 0 Å². The van der Waals surface area contributed by atoms with Gasteiger partial charge in [-0.05, 0) is 44.1 Å². The first kappa shape index (κ1) is 13.8. The molecule has 18 heavy (non-hydrogen) atoms. The van der Waals surface area contributed by atoms with Gasteiger partial charge in [0.05, 0.1) is 12.6 Å². The Bertz CT molecular complexity index is 281. The summed E-state index contributed by atoms with van der Waals surface area (Å²) in [5, 5.41) is 9.04. The van der Waals surface area contributed by atoms with E-state index in [1.54, 1.807) is 5.57 Å². The SMILES string of the molecule is C1=C(/C2CCCCCC/N=N/2)CCCCCCC/1. The average Bonchev–Trinajstić information content (AvgIpc) is 2.61. The molecule has 0 N–H and O–H groups in total. The van der Waals surface area contributed by atoms with E-state index in [1.165, 1.54) is 77.0 Å². The fourth-order valence-electron chi connectivity index (χ4n) is 3.04. The summed E-state index contributed by atoms with van der Waals surface area (Å²) in [5.74, 6) is 0. The number of azo groups is 1. The summed E-state index contributed by atoms with van der Waals surface area (Å²) < 4.78 is 0. The molecule has 0 fully saturated rings. The van der Waals surface area contributed by atoms with Crippen LogP contribution < -0.4 is 0 Å². The smallest absolute Gasteiger partial charge is 0.0917 e. The van der Waals surface area contributed by atoms with Gasteiger partial charge < -0.3 is 0 Å². The average molecular weight is 248 g/mol. The maximum atomic E-state index is 4.63. The van der Waals surface area contributed by atoms with Crippen LogP contribution in [0.3, 0.4) is 0 Å². The van der Waals surface area contributed by atoms with E-state index in [4.69, 9.17) is 0 Å². The molecule has 1 atom stereocenters. The third-order valence-corrected chi connectivity index (χ3v) is 4.21. The molecule has 0 spiro atoms. The van der Waals surface area contributed by atoms with E-state index < -0.39 is 0 Å². The summed E-state index contributed by atoms with van der Waals surface area (Å²) in [6.45, 7) is 0.948. The van der Waals surface area contributed by atoms with Gasteiger partial charge in [0.2, 0.25) is 0 Å². The van der Waals surface area contributed by atoms with Crippen LogP contribution in [0.5, 0.6) is 0 Å². The molecule has 2 rings (SSSR count). The Morgan fingerprint density at radius 1 is 0.833 bits per heavy atom.